The molecule has 2 aromatic rings. The summed E-state index contributed by atoms with van der Waals surface area (Å²) in [6.07, 6.45) is 0. The number of hydrogen-bond donors (Lipinski definition) is 1. The molecule has 17 heavy (non-hydrogen) atoms. The lowest BCUT2D eigenvalue weighted by Crippen LogP contribution is -1.98. The molecule has 0 aliphatic rings. The van der Waals surface area contributed by atoms with Crippen molar-refractivity contribution < 1.29 is 13.2 Å². The van der Waals surface area contributed by atoms with E-state index in [-0.39, 0.29) is 16.0 Å². The van der Waals surface area contributed by atoms with Gasteiger partial charge >= 0.3 is 0 Å². The van der Waals surface area contributed by atoms with Crippen LogP contribution in [-0.4, -0.2) is 4.98 Å². The molecule has 88 valence electrons. The standard InChI is InChI=1S/C11H6BrF3N2/c12-6-4-8(14)9(5-7(6)13)16-11-3-1-2-10(15)17-11/h1-5H,(H,16,17). The largest absolute Gasteiger partial charge is 0.338 e. The van der Waals surface area contributed by atoms with Crippen molar-refractivity contribution in [2.75, 3.05) is 5.32 Å². The Morgan fingerprint density at radius 3 is 2.53 bits per heavy atom. The Morgan fingerprint density at radius 1 is 1.06 bits per heavy atom. The summed E-state index contributed by atoms with van der Waals surface area (Å²) in [6.45, 7) is 0. The fraction of sp³-hybridized carbons (Fsp3) is 0. The molecule has 0 amide bonds. The summed E-state index contributed by atoms with van der Waals surface area (Å²) < 4.78 is 39.4. The number of hydrogen-bond acceptors (Lipinski definition) is 2. The molecular weight excluding hydrogens is 297 g/mol. The maximum Gasteiger partial charge on any atom is 0.214 e. The lowest BCUT2D eigenvalue weighted by molar-refractivity contribution is 0.584. The van der Waals surface area contributed by atoms with E-state index in [1.54, 1.807) is 0 Å². The highest BCUT2D eigenvalue weighted by Crippen LogP contribution is 2.25. The first kappa shape index (κ1) is 11.9. The number of nitrogens with zero attached hydrogens (tertiary/aromatic N) is 1. The van der Waals surface area contributed by atoms with Crippen molar-refractivity contribution in [3.63, 3.8) is 0 Å². The van der Waals surface area contributed by atoms with E-state index in [0.29, 0.717) is 0 Å². The third-order valence-electron chi connectivity index (χ3n) is 1.99. The van der Waals surface area contributed by atoms with Gasteiger partial charge in [-0.1, -0.05) is 6.07 Å². The highest BCUT2D eigenvalue weighted by Gasteiger charge is 2.09. The van der Waals surface area contributed by atoms with E-state index in [9.17, 15) is 13.2 Å². The molecule has 0 fully saturated rings. The quantitative estimate of drug-likeness (QED) is 0.670. The lowest BCUT2D eigenvalue weighted by atomic mass is 10.3. The fourth-order valence-corrected chi connectivity index (χ4v) is 1.55. The zero-order chi connectivity index (χ0) is 12.4. The predicted molar refractivity (Wildman–Crippen MR) is 61.5 cm³/mol. The molecule has 0 atom stereocenters. The average Bonchev–Trinajstić information content (AvgIpc) is 2.26. The van der Waals surface area contributed by atoms with Crippen molar-refractivity contribution in [1.82, 2.24) is 4.98 Å². The smallest absolute Gasteiger partial charge is 0.214 e. The molecule has 0 radical (unpaired) electrons. The Bertz CT molecular complexity index is 560. The minimum absolute atomic E-state index is 0.0211. The first-order chi connectivity index (χ1) is 8.06. The molecule has 0 aliphatic heterocycles. The third-order valence-corrected chi connectivity index (χ3v) is 2.60. The van der Waals surface area contributed by atoms with Crippen molar-refractivity contribution in [2.24, 2.45) is 0 Å². The second-order valence-corrected chi connectivity index (χ2v) is 4.07. The third kappa shape index (κ3) is 2.76. The summed E-state index contributed by atoms with van der Waals surface area (Å²) in [5.74, 6) is -1.88. The van der Waals surface area contributed by atoms with Crippen LogP contribution in [0.25, 0.3) is 0 Å². The molecule has 1 N–H and O–H groups in total. The van der Waals surface area contributed by atoms with Gasteiger partial charge in [-0.3, -0.25) is 0 Å². The van der Waals surface area contributed by atoms with Gasteiger partial charge in [-0.25, -0.2) is 13.8 Å². The average molecular weight is 303 g/mol. The van der Waals surface area contributed by atoms with Crippen LogP contribution < -0.4 is 5.32 Å². The van der Waals surface area contributed by atoms with E-state index in [0.717, 1.165) is 18.2 Å². The van der Waals surface area contributed by atoms with Gasteiger partial charge in [-0.15, -0.1) is 0 Å². The predicted octanol–water partition coefficient (Wildman–Crippen LogP) is 4.01. The van der Waals surface area contributed by atoms with Crippen molar-refractivity contribution in [2.45, 2.75) is 0 Å². The van der Waals surface area contributed by atoms with E-state index in [2.05, 4.69) is 26.2 Å². The number of nitrogens with one attached hydrogen (secondary N) is 1. The van der Waals surface area contributed by atoms with Gasteiger partial charge in [0.2, 0.25) is 5.95 Å². The lowest BCUT2D eigenvalue weighted by Gasteiger charge is -2.07. The second-order valence-electron chi connectivity index (χ2n) is 3.22. The summed E-state index contributed by atoms with van der Waals surface area (Å²) in [4.78, 5) is 3.48. The fourth-order valence-electron chi connectivity index (χ4n) is 1.23. The van der Waals surface area contributed by atoms with Gasteiger partial charge in [-0.2, -0.15) is 4.39 Å². The number of halogens is 4. The molecule has 2 nitrogen and oxygen atoms in total. The molecule has 1 aromatic heterocycles. The number of anilines is 2. The Hall–Kier alpha value is -1.56. The van der Waals surface area contributed by atoms with Gasteiger partial charge in [0.25, 0.3) is 0 Å². The Labute approximate surface area is 104 Å². The van der Waals surface area contributed by atoms with Gasteiger partial charge in [0.15, 0.2) is 0 Å². The summed E-state index contributed by atoms with van der Waals surface area (Å²) >= 11 is 2.86. The van der Waals surface area contributed by atoms with Crippen molar-refractivity contribution in [3.8, 4) is 0 Å². The van der Waals surface area contributed by atoms with Crippen molar-refractivity contribution >= 4 is 27.4 Å². The number of benzene rings is 1. The van der Waals surface area contributed by atoms with Crippen molar-refractivity contribution in [1.29, 1.82) is 0 Å². The van der Waals surface area contributed by atoms with E-state index in [4.69, 9.17) is 0 Å². The second kappa shape index (κ2) is 4.75. The van der Waals surface area contributed by atoms with E-state index < -0.39 is 17.6 Å². The van der Waals surface area contributed by atoms with Crippen LogP contribution in [0.1, 0.15) is 0 Å². The zero-order valence-electron chi connectivity index (χ0n) is 8.35. The Balaban J connectivity index is 2.33. The summed E-state index contributed by atoms with van der Waals surface area (Å²) in [6, 6.07) is 5.97. The van der Waals surface area contributed by atoms with Crippen LogP contribution in [0, 0.1) is 17.6 Å². The first-order valence-electron chi connectivity index (χ1n) is 4.60. The molecule has 0 spiro atoms. The molecule has 6 heteroatoms. The normalized spacial score (nSPS) is 10.4. The molecule has 0 aliphatic carbocycles. The van der Waals surface area contributed by atoms with Gasteiger partial charge in [0.05, 0.1) is 10.2 Å². The summed E-state index contributed by atoms with van der Waals surface area (Å²) in [5, 5.41) is 2.49. The van der Waals surface area contributed by atoms with Gasteiger partial charge < -0.3 is 5.32 Å². The molecule has 0 saturated heterocycles. The van der Waals surface area contributed by atoms with Crippen molar-refractivity contribution in [3.05, 3.63) is 52.4 Å². The first-order valence-corrected chi connectivity index (χ1v) is 5.39. The van der Waals surface area contributed by atoms with E-state index in [1.807, 2.05) is 0 Å². The highest BCUT2D eigenvalue weighted by molar-refractivity contribution is 9.10. The molecule has 2 rings (SSSR count). The Morgan fingerprint density at radius 2 is 1.82 bits per heavy atom. The van der Waals surface area contributed by atoms with Crippen LogP contribution >= 0.6 is 15.9 Å². The van der Waals surface area contributed by atoms with E-state index >= 15 is 0 Å². The molecule has 0 saturated carbocycles. The number of pyridine rings is 1. The van der Waals surface area contributed by atoms with Crippen LogP contribution in [0.2, 0.25) is 0 Å². The highest BCUT2D eigenvalue weighted by atomic mass is 79.9. The van der Waals surface area contributed by atoms with Gasteiger partial charge in [-0.05, 0) is 34.1 Å². The van der Waals surface area contributed by atoms with E-state index in [1.165, 1.54) is 12.1 Å². The Kier molecular flexibility index (Phi) is 3.33. The minimum Gasteiger partial charge on any atom is -0.338 e. The van der Waals surface area contributed by atoms with Gasteiger partial charge in [0.1, 0.15) is 17.5 Å². The summed E-state index contributed by atoms with van der Waals surface area (Å²) in [5.41, 5.74) is -0.108. The number of aromatic nitrogens is 1. The maximum absolute atomic E-state index is 13.4. The van der Waals surface area contributed by atoms with Crippen LogP contribution in [0.15, 0.2) is 34.8 Å². The van der Waals surface area contributed by atoms with Crippen LogP contribution in [0.5, 0.6) is 0 Å². The molecule has 1 aromatic carbocycles. The summed E-state index contributed by atoms with van der Waals surface area (Å²) in [7, 11) is 0. The number of rotatable bonds is 2. The maximum atomic E-state index is 13.4. The monoisotopic (exact) mass is 302 g/mol. The van der Waals surface area contributed by atoms with Crippen LogP contribution in [0.3, 0.4) is 0 Å². The van der Waals surface area contributed by atoms with Crippen LogP contribution in [-0.2, 0) is 0 Å². The molecule has 1 heterocycles. The molecule has 0 bridgehead atoms. The molecule has 0 unspecified atom stereocenters. The van der Waals surface area contributed by atoms with Crippen LogP contribution in [0.4, 0.5) is 24.7 Å². The SMILES string of the molecule is Fc1cccc(Nc2cc(F)c(Br)cc2F)n1. The zero-order valence-corrected chi connectivity index (χ0v) is 9.93. The topological polar surface area (TPSA) is 24.9 Å². The minimum atomic E-state index is -0.701. The van der Waals surface area contributed by atoms with Gasteiger partial charge in [0, 0.05) is 6.07 Å². The molecular formula is C11H6BrF3N2.